The van der Waals surface area contributed by atoms with Gasteiger partial charge in [0.15, 0.2) is 0 Å². The van der Waals surface area contributed by atoms with Gasteiger partial charge in [0.25, 0.3) is 0 Å². The zero-order valence-corrected chi connectivity index (χ0v) is 17.2. The molecule has 0 radical (unpaired) electrons. The van der Waals surface area contributed by atoms with Crippen molar-refractivity contribution < 1.29 is 0 Å². The van der Waals surface area contributed by atoms with Crippen LogP contribution in [0.1, 0.15) is 42.8 Å². The Morgan fingerprint density at radius 3 is 2.52 bits per heavy atom. The number of unbranched alkanes of at least 4 members (excludes halogenated alkanes) is 1. The summed E-state index contributed by atoms with van der Waals surface area (Å²) in [6, 6.07) is 10.6. The van der Waals surface area contributed by atoms with Crippen LogP contribution in [0.2, 0.25) is 0 Å². The number of rotatable bonds is 8. The van der Waals surface area contributed by atoms with E-state index >= 15 is 0 Å². The maximum Gasteiger partial charge on any atom is 0.230 e. The second-order valence-electron chi connectivity index (χ2n) is 7.07. The number of aromatic nitrogens is 3. The molecular weight excluding hydrogens is 356 g/mol. The molecule has 3 rings (SSSR count). The maximum absolute atomic E-state index is 6.06. The molecule has 146 valence electrons. The van der Waals surface area contributed by atoms with E-state index in [0.29, 0.717) is 5.95 Å². The molecule has 2 heterocycles. The Bertz CT molecular complexity index is 703. The molecule has 1 saturated heterocycles. The number of hydrogen-bond acceptors (Lipinski definition) is 7. The first-order valence-corrected chi connectivity index (χ1v) is 10.8. The minimum Gasteiger partial charge on any atom is -0.368 e. The molecule has 27 heavy (non-hydrogen) atoms. The predicted octanol–water partition coefficient (Wildman–Crippen LogP) is 3.37. The molecule has 1 aromatic carbocycles. The Hall–Kier alpha value is -1.86. The summed E-state index contributed by atoms with van der Waals surface area (Å²) < 4.78 is 0. The highest BCUT2D eigenvalue weighted by Gasteiger charge is 2.21. The molecule has 1 aliphatic rings. The van der Waals surface area contributed by atoms with Crippen LogP contribution >= 0.6 is 11.8 Å². The van der Waals surface area contributed by atoms with Crippen molar-refractivity contribution in [3.8, 4) is 0 Å². The minimum atomic E-state index is 0.238. The summed E-state index contributed by atoms with van der Waals surface area (Å²) in [6.07, 6.45) is 3.37. The number of likely N-dealkylation sites (N-methyl/N-ethyl adjacent to an activating group) is 1. The first kappa shape index (κ1) is 19.9. The van der Waals surface area contributed by atoms with Gasteiger partial charge in [-0.3, -0.25) is 0 Å². The summed E-state index contributed by atoms with van der Waals surface area (Å²) in [5.41, 5.74) is 7.38. The van der Waals surface area contributed by atoms with Crippen molar-refractivity contribution in [3.63, 3.8) is 0 Å². The standard InChI is InChI=1S/C20H30N6S/c1-3-4-10-17(27-15-16-8-6-5-7-9-16)18-22-19(21)24-20(23-18)26-13-11-25(2)12-14-26/h5-9,17H,3-4,10-15H2,1-2H3,(H2,21,22,23,24). The van der Waals surface area contributed by atoms with Crippen LogP contribution < -0.4 is 10.6 Å². The molecule has 1 fully saturated rings. The Morgan fingerprint density at radius 1 is 1.07 bits per heavy atom. The zero-order valence-electron chi connectivity index (χ0n) is 16.3. The number of nitrogen functional groups attached to an aromatic ring is 1. The van der Waals surface area contributed by atoms with Crippen LogP contribution in [0.3, 0.4) is 0 Å². The molecule has 6 nitrogen and oxygen atoms in total. The molecule has 0 aliphatic carbocycles. The van der Waals surface area contributed by atoms with Crippen LogP contribution in [0.25, 0.3) is 0 Å². The van der Waals surface area contributed by atoms with Crippen LogP contribution in [0, 0.1) is 0 Å². The normalized spacial score (nSPS) is 16.4. The van der Waals surface area contributed by atoms with E-state index < -0.39 is 0 Å². The van der Waals surface area contributed by atoms with Gasteiger partial charge in [-0.15, -0.1) is 11.8 Å². The monoisotopic (exact) mass is 386 g/mol. The van der Waals surface area contributed by atoms with E-state index in [1.807, 2.05) is 11.8 Å². The Balaban J connectivity index is 1.76. The predicted molar refractivity (Wildman–Crippen MR) is 114 cm³/mol. The quantitative estimate of drug-likeness (QED) is 0.746. The molecule has 2 N–H and O–H groups in total. The molecule has 7 heteroatoms. The lowest BCUT2D eigenvalue weighted by atomic mass is 10.2. The van der Waals surface area contributed by atoms with E-state index in [2.05, 4.69) is 64.1 Å². The van der Waals surface area contributed by atoms with E-state index in [9.17, 15) is 0 Å². The Morgan fingerprint density at radius 2 is 1.81 bits per heavy atom. The minimum absolute atomic E-state index is 0.238. The SMILES string of the molecule is CCCCC(SCc1ccccc1)c1nc(N)nc(N2CCN(C)CC2)n1. The van der Waals surface area contributed by atoms with Gasteiger partial charge in [0.2, 0.25) is 11.9 Å². The van der Waals surface area contributed by atoms with E-state index in [-0.39, 0.29) is 5.25 Å². The molecule has 1 unspecified atom stereocenters. The van der Waals surface area contributed by atoms with E-state index in [1.165, 1.54) is 5.56 Å². The van der Waals surface area contributed by atoms with Crippen molar-refractivity contribution in [2.75, 3.05) is 43.9 Å². The van der Waals surface area contributed by atoms with Gasteiger partial charge in [0.1, 0.15) is 5.82 Å². The number of piperazine rings is 1. The summed E-state index contributed by atoms with van der Waals surface area (Å²) in [5.74, 6) is 2.83. The third-order valence-corrected chi connectivity index (χ3v) is 6.20. The maximum atomic E-state index is 6.06. The first-order valence-electron chi connectivity index (χ1n) is 9.76. The van der Waals surface area contributed by atoms with Gasteiger partial charge in [-0.25, -0.2) is 0 Å². The molecule has 2 aromatic rings. The highest BCUT2D eigenvalue weighted by atomic mass is 32.2. The second kappa shape index (κ2) is 9.90. The molecule has 0 bridgehead atoms. The third kappa shape index (κ3) is 5.81. The van der Waals surface area contributed by atoms with Gasteiger partial charge in [-0.05, 0) is 19.0 Å². The van der Waals surface area contributed by atoms with Crippen LogP contribution in [-0.2, 0) is 5.75 Å². The Kier molecular flexibility index (Phi) is 7.29. The largest absolute Gasteiger partial charge is 0.368 e. The summed E-state index contributed by atoms with van der Waals surface area (Å²) in [6.45, 7) is 6.11. The lowest BCUT2D eigenvalue weighted by molar-refractivity contribution is 0.311. The number of thioether (sulfide) groups is 1. The van der Waals surface area contributed by atoms with E-state index in [4.69, 9.17) is 10.7 Å². The molecule has 0 amide bonds. The fourth-order valence-corrected chi connectivity index (χ4v) is 4.31. The lowest BCUT2D eigenvalue weighted by Gasteiger charge is -2.32. The zero-order chi connectivity index (χ0) is 19.1. The number of hydrogen-bond donors (Lipinski definition) is 1. The molecule has 0 spiro atoms. The highest BCUT2D eigenvalue weighted by Crippen LogP contribution is 2.34. The summed E-state index contributed by atoms with van der Waals surface area (Å²) in [5, 5.41) is 0.238. The van der Waals surface area contributed by atoms with Gasteiger partial charge < -0.3 is 15.5 Å². The Labute approximate surface area is 166 Å². The molecule has 1 atom stereocenters. The van der Waals surface area contributed by atoms with E-state index in [1.54, 1.807) is 0 Å². The summed E-state index contributed by atoms with van der Waals surface area (Å²) >= 11 is 1.90. The fourth-order valence-electron chi connectivity index (χ4n) is 3.14. The van der Waals surface area contributed by atoms with Crippen molar-refractivity contribution in [1.82, 2.24) is 19.9 Å². The highest BCUT2D eigenvalue weighted by molar-refractivity contribution is 7.98. The fraction of sp³-hybridized carbons (Fsp3) is 0.550. The third-order valence-electron chi connectivity index (χ3n) is 4.85. The first-order chi connectivity index (χ1) is 13.2. The van der Waals surface area contributed by atoms with Crippen LogP contribution in [0.15, 0.2) is 30.3 Å². The van der Waals surface area contributed by atoms with E-state index in [0.717, 1.165) is 63.0 Å². The second-order valence-corrected chi connectivity index (χ2v) is 8.26. The molecular formula is C20H30N6S. The van der Waals surface area contributed by atoms with Crippen molar-refractivity contribution in [1.29, 1.82) is 0 Å². The smallest absolute Gasteiger partial charge is 0.230 e. The van der Waals surface area contributed by atoms with Crippen molar-refractivity contribution in [2.24, 2.45) is 0 Å². The molecule has 1 aliphatic heterocycles. The van der Waals surface area contributed by atoms with Gasteiger partial charge >= 0.3 is 0 Å². The number of nitrogens with two attached hydrogens (primary N) is 1. The average molecular weight is 387 g/mol. The number of anilines is 2. The van der Waals surface area contributed by atoms with Gasteiger partial charge in [0, 0.05) is 31.9 Å². The van der Waals surface area contributed by atoms with Gasteiger partial charge in [0.05, 0.1) is 5.25 Å². The molecule has 0 saturated carbocycles. The summed E-state index contributed by atoms with van der Waals surface area (Å²) in [7, 11) is 2.14. The summed E-state index contributed by atoms with van der Waals surface area (Å²) in [4.78, 5) is 18.3. The molecule has 1 aromatic heterocycles. The topological polar surface area (TPSA) is 71.2 Å². The van der Waals surface area contributed by atoms with Crippen LogP contribution in [0.5, 0.6) is 0 Å². The number of nitrogens with zero attached hydrogens (tertiary/aromatic N) is 5. The van der Waals surface area contributed by atoms with Crippen molar-refractivity contribution in [3.05, 3.63) is 41.7 Å². The van der Waals surface area contributed by atoms with Crippen LogP contribution in [0.4, 0.5) is 11.9 Å². The number of benzene rings is 1. The van der Waals surface area contributed by atoms with Crippen molar-refractivity contribution in [2.45, 2.75) is 37.2 Å². The van der Waals surface area contributed by atoms with Crippen molar-refractivity contribution >= 4 is 23.7 Å². The van der Waals surface area contributed by atoms with Gasteiger partial charge in [-0.2, -0.15) is 15.0 Å². The lowest BCUT2D eigenvalue weighted by Crippen LogP contribution is -2.45. The van der Waals surface area contributed by atoms with Gasteiger partial charge in [-0.1, -0.05) is 50.1 Å². The average Bonchev–Trinajstić information content (AvgIpc) is 2.69. The van der Waals surface area contributed by atoms with Crippen LogP contribution in [-0.4, -0.2) is 53.1 Å².